The summed E-state index contributed by atoms with van der Waals surface area (Å²) in [6.07, 6.45) is 3.05. The number of esters is 1. The van der Waals surface area contributed by atoms with Gasteiger partial charge in [0, 0.05) is 35.4 Å². The summed E-state index contributed by atoms with van der Waals surface area (Å²) in [7, 11) is 0. The molecule has 0 aliphatic carbocycles. The molecular formula is C23H23Cl2N9O2. The van der Waals surface area contributed by atoms with Gasteiger partial charge in [0.1, 0.15) is 11.9 Å². The standard InChI is InChI=1S/C23H23Cl2N9O2/c1-3-36-22(35)21-32-19-11-18(16-7-6-15(24)10-17(16)25)31-23(34(19)33-21)30-9-8-29-13(2)4-5-14(12-26)20(27)28/h4-7,10-11,29H,2-3,8-9,27-28H2,1H3,(H,30,31)/b5-4-. The number of ether oxygens (including phenoxy) is 1. The van der Waals surface area contributed by atoms with E-state index in [9.17, 15) is 4.79 Å². The first kappa shape index (κ1) is 26.3. The molecule has 0 aliphatic heterocycles. The molecule has 0 spiro atoms. The van der Waals surface area contributed by atoms with Gasteiger partial charge in [-0.1, -0.05) is 29.8 Å². The van der Waals surface area contributed by atoms with Crippen LogP contribution in [0.4, 0.5) is 5.95 Å². The second-order valence-electron chi connectivity index (χ2n) is 7.21. The second kappa shape index (κ2) is 11.9. The van der Waals surface area contributed by atoms with E-state index in [0.29, 0.717) is 51.7 Å². The first-order valence-corrected chi connectivity index (χ1v) is 11.4. The van der Waals surface area contributed by atoms with Gasteiger partial charge in [0.05, 0.1) is 22.9 Å². The number of allylic oxidation sites excluding steroid dienone is 3. The van der Waals surface area contributed by atoms with Gasteiger partial charge in [-0.2, -0.15) is 9.78 Å². The number of carbonyl (C=O) groups excluding carboxylic acids is 1. The van der Waals surface area contributed by atoms with Gasteiger partial charge in [-0.3, -0.25) is 0 Å². The number of halogens is 2. The molecule has 0 aliphatic rings. The number of hydrogen-bond donors (Lipinski definition) is 4. The molecule has 0 amide bonds. The van der Waals surface area contributed by atoms with E-state index in [1.807, 2.05) is 6.07 Å². The smallest absolute Gasteiger partial charge is 0.378 e. The predicted octanol–water partition coefficient (Wildman–Crippen LogP) is 3.00. The zero-order valence-corrected chi connectivity index (χ0v) is 20.8. The predicted molar refractivity (Wildman–Crippen MR) is 138 cm³/mol. The highest BCUT2D eigenvalue weighted by molar-refractivity contribution is 6.36. The fourth-order valence-electron chi connectivity index (χ4n) is 2.96. The highest BCUT2D eigenvalue weighted by Gasteiger charge is 2.18. The number of nitrogens with one attached hydrogen (secondary N) is 2. The van der Waals surface area contributed by atoms with Gasteiger partial charge in [0.2, 0.25) is 5.95 Å². The Hall–Kier alpha value is -4.27. The highest BCUT2D eigenvalue weighted by Crippen LogP contribution is 2.30. The lowest BCUT2D eigenvalue weighted by atomic mass is 10.1. The third-order valence-electron chi connectivity index (χ3n) is 4.63. The average molecular weight is 528 g/mol. The molecule has 0 saturated heterocycles. The number of hydrogen-bond acceptors (Lipinski definition) is 10. The minimum Gasteiger partial charge on any atom is -0.460 e. The van der Waals surface area contributed by atoms with Crippen molar-refractivity contribution in [3.8, 4) is 17.3 Å². The van der Waals surface area contributed by atoms with Gasteiger partial charge in [0.15, 0.2) is 5.65 Å². The second-order valence-corrected chi connectivity index (χ2v) is 8.05. The van der Waals surface area contributed by atoms with Gasteiger partial charge in [-0.05, 0) is 37.3 Å². The average Bonchev–Trinajstić information content (AvgIpc) is 3.26. The number of carbonyl (C=O) groups is 1. The monoisotopic (exact) mass is 527 g/mol. The Labute approximate surface area is 217 Å². The van der Waals surface area contributed by atoms with E-state index in [0.717, 1.165) is 0 Å². The number of aromatic nitrogens is 4. The lowest BCUT2D eigenvalue weighted by molar-refractivity contribution is 0.0512. The molecule has 0 radical (unpaired) electrons. The van der Waals surface area contributed by atoms with Crippen LogP contribution in [0.2, 0.25) is 10.0 Å². The number of nitrogens with zero attached hydrogens (tertiary/aromatic N) is 5. The molecule has 2 heterocycles. The van der Waals surface area contributed by atoms with Crippen LogP contribution in [0.15, 0.2) is 60.1 Å². The third-order valence-corrected chi connectivity index (χ3v) is 5.18. The molecule has 11 nitrogen and oxygen atoms in total. The Bertz CT molecular complexity index is 1400. The summed E-state index contributed by atoms with van der Waals surface area (Å²) in [6.45, 7) is 6.58. The van der Waals surface area contributed by atoms with Crippen molar-refractivity contribution in [1.29, 1.82) is 5.26 Å². The molecule has 186 valence electrons. The van der Waals surface area contributed by atoms with Crippen molar-refractivity contribution in [1.82, 2.24) is 24.9 Å². The van der Waals surface area contributed by atoms with Crippen LogP contribution >= 0.6 is 23.2 Å². The fourth-order valence-corrected chi connectivity index (χ4v) is 3.46. The van der Waals surface area contributed by atoms with Crippen molar-refractivity contribution < 1.29 is 9.53 Å². The fraction of sp³-hybridized carbons (Fsp3) is 0.174. The number of fused-ring (bicyclic) bond motifs is 1. The number of nitrogens with two attached hydrogens (primary N) is 2. The van der Waals surface area contributed by atoms with Crippen LogP contribution in [0.25, 0.3) is 16.9 Å². The molecule has 0 fully saturated rings. The summed E-state index contributed by atoms with van der Waals surface area (Å²) in [4.78, 5) is 21.1. The SMILES string of the molecule is C=C(/C=C\C(C#N)=C(N)N)NCCNc1nc(-c2ccc(Cl)cc2Cl)cc2nc(C(=O)OCC)nn12. The molecule has 36 heavy (non-hydrogen) atoms. The van der Waals surface area contributed by atoms with Crippen molar-refractivity contribution in [2.24, 2.45) is 11.5 Å². The summed E-state index contributed by atoms with van der Waals surface area (Å²) < 4.78 is 6.42. The summed E-state index contributed by atoms with van der Waals surface area (Å²) in [5.41, 5.74) is 13.0. The van der Waals surface area contributed by atoms with Crippen LogP contribution in [0, 0.1) is 11.3 Å². The number of rotatable bonds is 10. The first-order chi connectivity index (χ1) is 17.2. The van der Waals surface area contributed by atoms with E-state index in [1.165, 1.54) is 10.6 Å². The lowest BCUT2D eigenvalue weighted by Gasteiger charge is -2.11. The van der Waals surface area contributed by atoms with Crippen molar-refractivity contribution in [3.05, 3.63) is 76.0 Å². The van der Waals surface area contributed by atoms with Crippen molar-refractivity contribution >= 4 is 40.8 Å². The zero-order valence-electron chi connectivity index (χ0n) is 19.3. The Kier molecular flexibility index (Phi) is 8.72. The highest BCUT2D eigenvalue weighted by atomic mass is 35.5. The van der Waals surface area contributed by atoms with E-state index < -0.39 is 5.97 Å². The zero-order chi connectivity index (χ0) is 26.2. The lowest BCUT2D eigenvalue weighted by Crippen LogP contribution is -2.22. The molecule has 6 N–H and O–H groups in total. The van der Waals surface area contributed by atoms with Gasteiger partial charge in [0.25, 0.3) is 5.82 Å². The minimum absolute atomic E-state index is 0.0750. The minimum atomic E-state index is -0.646. The molecular weight excluding hydrogens is 505 g/mol. The Morgan fingerprint density at radius 1 is 1.25 bits per heavy atom. The molecule has 3 aromatic rings. The maximum absolute atomic E-state index is 12.2. The summed E-state index contributed by atoms with van der Waals surface area (Å²) in [6, 6.07) is 8.60. The maximum atomic E-state index is 12.2. The van der Waals surface area contributed by atoms with Crippen LogP contribution in [-0.2, 0) is 4.74 Å². The molecule has 1 aromatic carbocycles. The van der Waals surface area contributed by atoms with E-state index in [2.05, 4.69) is 32.3 Å². The molecule has 0 atom stereocenters. The van der Waals surface area contributed by atoms with Crippen LogP contribution in [0.5, 0.6) is 0 Å². The van der Waals surface area contributed by atoms with Gasteiger partial charge >= 0.3 is 5.97 Å². The van der Waals surface area contributed by atoms with E-state index in [-0.39, 0.29) is 23.8 Å². The van der Waals surface area contributed by atoms with Crippen LogP contribution in [0.3, 0.4) is 0 Å². The topological polar surface area (TPSA) is 169 Å². The van der Waals surface area contributed by atoms with Crippen molar-refractivity contribution in [2.45, 2.75) is 6.92 Å². The Morgan fingerprint density at radius 3 is 2.69 bits per heavy atom. The number of benzene rings is 1. The molecule has 3 rings (SSSR count). The third kappa shape index (κ3) is 6.44. The van der Waals surface area contributed by atoms with Crippen molar-refractivity contribution in [2.75, 3.05) is 25.0 Å². The maximum Gasteiger partial charge on any atom is 0.378 e. The molecule has 13 heteroatoms. The summed E-state index contributed by atoms with van der Waals surface area (Å²) >= 11 is 12.4. The van der Waals surface area contributed by atoms with Crippen LogP contribution < -0.4 is 22.1 Å². The molecule has 0 unspecified atom stereocenters. The van der Waals surface area contributed by atoms with Crippen molar-refractivity contribution in [3.63, 3.8) is 0 Å². The van der Waals surface area contributed by atoms with E-state index in [4.69, 9.17) is 44.7 Å². The summed E-state index contributed by atoms with van der Waals surface area (Å²) in [5.74, 6) is -0.496. The quantitative estimate of drug-likeness (QED) is 0.133. The van der Waals surface area contributed by atoms with Crippen LogP contribution in [-0.4, -0.2) is 45.2 Å². The molecule has 2 aromatic heterocycles. The Balaban J connectivity index is 1.83. The Morgan fingerprint density at radius 2 is 2.03 bits per heavy atom. The largest absolute Gasteiger partial charge is 0.460 e. The number of anilines is 1. The van der Waals surface area contributed by atoms with Gasteiger partial charge < -0.3 is 26.8 Å². The van der Waals surface area contributed by atoms with Crippen LogP contribution in [0.1, 0.15) is 17.5 Å². The molecule has 0 bridgehead atoms. The van der Waals surface area contributed by atoms with Gasteiger partial charge in [-0.25, -0.2) is 14.8 Å². The van der Waals surface area contributed by atoms with E-state index >= 15 is 0 Å². The van der Waals surface area contributed by atoms with Gasteiger partial charge in [-0.15, -0.1) is 5.10 Å². The van der Waals surface area contributed by atoms with E-state index in [1.54, 1.807) is 37.3 Å². The molecule has 0 saturated carbocycles. The summed E-state index contributed by atoms with van der Waals surface area (Å²) in [5, 5.41) is 20.4. The number of nitriles is 1. The normalized spacial score (nSPS) is 10.7. The first-order valence-electron chi connectivity index (χ1n) is 10.6.